The van der Waals surface area contributed by atoms with E-state index in [1.54, 1.807) is 6.20 Å². The summed E-state index contributed by atoms with van der Waals surface area (Å²) in [6.45, 7) is 3.96. The summed E-state index contributed by atoms with van der Waals surface area (Å²) in [5.41, 5.74) is 3.58. The maximum absolute atomic E-state index is 11.2. The van der Waals surface area contributed by atoms with Crippen LogP contribution in [0.4, 0.5) is 0 Å². The Kier molecular flexibility index (Phi) is 3.00. The number of benzene rings is 1. The van der Waals surface area contributed by atoms with Crippen molar-refractivity contribution < 1.29 is 0 Å². The molecule has 2 heterocycles. The van der Waals surface area contributed by atoms with E-state index in [-0.39, 0.29) is 18.1 Å². The van der Waals surface area contributed by atoms with Gasteiger partial charge in [-0.3, -0.25) is 0 Å². The summed E-state index contributed by atoms with van der Waals surface area (Å²) in [5, 5.41) is 0. The summed E-state index contributed by atoms with van der Waals surface area (Å²) in [6, 6.07) is 3.92. The first-order chi connectivity index (χ1) is 8.15. The second-order valence-corrected chi connectivity index (χ2v) is 4.11. The summed E-state index contributed by atoms with van der Waals surface area (Å²) >= 11 is 0. The van der Waals surface area contributed by atoms with Crippen LogP contribution in [0.1, 0.15) is 11.4 Å². The summed E-state index contributed by atoms with van der Waals surface area (Å²) < 4.78 is 2.00. The molecular weight excluding hydrogens is 252 g/mol. The van der Waals surface area contributed by atoms with Gasteiger partial charge in [-0.2, -0.15) is 0 Å². The molecule has 0 aliphatic heterocycles. The number of nitrogens with zero attached hydrogens (tertiary/aromatic N) is 2. The van der Waals surface area contributed by atoms with E-state index in [9.17, 15) is 4.79 Å². The molecule has 3 rings (SSSR count). The fourth-order valence-corrected chi connectivity index (χ4v) is 2.07. The van der Waals surface area contributed by atoms with Crippen molar-refractivity contribution in [1.82, 2.24) is 19.5 Å². The molecule has 0 saturated heterocycles. The first kappa shape index (κ1) is 12.4. The first-order valence-corrected chi connectivity index (χ1v) is 5.38. The normalized spacial score (nSPS) is 10.6. The predicted molar refractivity (Wildman–Crippen MR) is 72.8 cm³/mol. The number of aromatic amines is 2. The molecule has 0 aliphatic carbocycles. The fraction of sp³-hybridized carbons (Fsp3) is 0.167. The van der Waals surface area contributed by atoms with Crippen molar-refractivity contribution in [2.75, 3.05) is 0 Å². The van der Waals surface area contributed by atoms with Crippen LogP contribution >= 0.6 is 12.4 Å². The molecule has 0 bridgehead atoms. The summed E-state index contributed by atoms with van der Waals surface area (Å²) in [7, 11) is 0. The SMILES string of the molecule is Cc1cc2[nH]c(=O)[nH]c2cc1-n1ccnc1C.Cl. The number of hydrogen-bond donors (Lipinski definition) is 2. The van der Waals surface area contributed by atoms with Crippen LogP contribution in [0.3, 0.4) is 0 Å². The van der Waals surface area contributed by atoms with Gasteiger partial charge >= 0.3 is 5.69 Å². The highest BCUT2D eigenvalue weighted by Crippen LogP contribution is 2.20. The lowest BCUT2D eigenvalue weighted by Gasteiger charge is -2.08. The monoisotopic (exact) mass is 264 g/mol. The van der Waals surface area contributed by atoms with Gasteiger partial charge in [0.25, 0.3) is 0 Å². The van der Waals surface area contributed by atoms with Crippen LogP contribution < -0.4 is 5.69 Å². The van der Waals surface area contributed by atoms with Crippen molar-refractivity contribution in [2.24, 2.45) is 0 Å². The molecule has 0 amide bonds. The molecule has 6 heteroatoms. The van der Waals surface area contributed by atoms with Gasteiger partial charge in [0.05, 0.1) is 16.7 Å². The van der Waals surface area contributed by atoms with Gasteiger partial charge in [0, 0.05) is 12.4 Å². The summed E-state index contributed by atoms with van der Waals surface area (Å²) in [4.78, 5) is 21.0. The van der Waals surface area contributed by atoms with Crippen LogP contribution in [0, 0.1) is 13.8 Å². The standard InChI is InChI=1S/C12H12N4O.ClH/c1-7-5-9-10(15-12(17)14-9)6-11(7)16-4-3-13-8(16)2;/h3-6H,1-2H3,(H2,14,15,17);1H. The maximum Gasteiger partial charge on any atom is 0.323 e. The molecule has 1 aromatic carbocycles. The molecule has 5 nitrogen and oxygen atoms in total. The lowest BCUT2D eigenvalue weighted by molar-refractivity contribution is 0.966. The summed E-state index contributed by atoms with van der Waals surface area (Å²) in [5.74, 6) is 0.922. The molecule has 3 aromatic rings. The molecule has 0 unspecified atom stereocenters. The molecule has 0 radical (unpaired) electrons. The Morgan fingerprint density at radius 2 is 1.83 bits per heavy atom. The Morgan fingerprint density at radius 3 is 2.44 bits per heavy atom. The number of aromatic nitrogens is 4. The van der Waals surface area contributed by atoms with E-state index in [1.807, 2.05) is 36.7 Å². The second-order valence-electron chi connectivity index (χ2n) is 4.11. The Hall–Kier alpha value is -2.01. The topological polar surface area (TPSA) is 66.5 Å². The van der Waals surface area contributed by atoms with E-state index < -0.39 is 0 Å². The number of nitrogens with one attached hydrogen (secondary N) is 2. The van der Waals surface area contributed by atoms with Crippen molar-refractivity contribution in [3.8, 4) is 5.69 Å². The van der Waals surface area contributed by atoms with E-state index in [4.69, 9.17) is 0 Å². The van der Waals surface area contributed by atoms with Gasteiger partial charge in [0.1, 0.15) is 5.82 Å². The van der Waals surface area contributed by atoms with Gasteiger partial charge < -0.3 is 14.5 Å². The minimum Gasteiger partial charge on any atom is -0.306 e. The van der Waals surface area contributed by atoms with Gasteiger partial charge in [0.2, 0.25) is 0 Å². The average Bonchev–Trinajstić information content (AvgIpc) is 2.82. The Morgan fingerprint density at radius 1 is 1.17 bits per heavy atom. The number of hydrogen-bond acceptors (Lipinski definition) is 2. The van der Waals surface area contributed by atoms with Crippen LogP contribution in [-0.2, 0) is 0 Å². The van der Waals surface area contributed by atoms with Gasteiger partial charge in [0.15, 0.2) is 0 Å². The Bertz CT molecular complexity index is 753. The van der Waals surface area contributed by atoms with Gasteiger partial charge in [-0.05, 0) is 31.5 Å². The third-order valence-electron chi connectivity index (χ3n) is 2.92. The lowest BCUT2D eigenvalue weighted by atomic mass is 10.1. The molecule has 2 aromatic heterocycles. The fourth-order valence-electron chi connectivity index (χ4n) is 2.07. The molecular formula is C12H13ClN4O. The predicted octanol–water partition coefficient (Wildman–Crippen LogP) is 2.08. The zero-order chi connectivity index (χ0) is 12.0. The third-order valence-corrected chi connectivity index (χ3v) is 2.92. The van der Waals surface area contributed by atoms with Crippen LogP contribution in [0.2, 0.25) is 0 Å². The van der Waals surface area contributed by atoms with Crippen LogP contribution in [-0.4, -0.2) is 19.5 Å². The van der Waals surface area contributed by atoms with Gasteiger partial charge in [-0.1, -0.05) is 0 Å². The number of fused-ring (bicyclic) bond motifs is 1. The highest BCUT2D eigenvalue weighted by atomic mass is 35.5. The first-order valence-electron chi connectivity index (χ1n) is 5.38. The van der Waals surface area contributed by atoms with Crippen molar-refractivity contribution in [3.05, 3.63) is 46.4 Å². The smallest absolute Gasteiger partial charge is 0.306 e. The number of rotatable bonds is 1. The average molecular weight is 265 g/mol. The zero-order valence-electron chi connectivity index (χ0n) is 10.0. The van der Waals surface area contributed by atoms with E-state index in [1.165, 1.54) is 0 Å². The Labute approximate surface area is 109 Å². The highest BCUT2D eigenvalue weighted by molar-refractivity contribution is 5.85. The van der Waals surface area contributed by atoms with Crippen LogP contribution in [0.25, 0.3) is 16.7 Å². The van der Waals surface area contributed by atoms with E-state index in [2.05, 4.69) is 15.0 Å². The molecule has 0 aliphatic rings. The minimum absolute atomic E-state index is 0. The van der Waals surface area contributed by atoms with Crippen molar-refractivity contribution >= 4 is 23.4 Å². The van der Waals surface area contributed by atoms with E-state index in [0.717, 1.165) is 28.1 Å². The zero-order valence-corrected chi connectivity index (χ0v) is 10.8. The number of H-pyrrole nitrogens is 2. The van der Waals surface area contributed by atoms with Crippen molar-refractivity contribution in [1.29, 1.82) is 0 Å². The van der Waals surface area contributed by atoms with Crippen molar-refractivity contribution in [2.45, 2.75) is 13.8 Å². The quantitative estimate of drug-likeness (QED) is 0.707. The third kappa shape index (κ3) is 1.82. The molecule has 18 heavy (non-hydrogen) atoms. The number of aryl methyl sites for hydroxylation is 2. The number of halogens is 1. The molecule has 0 saturated carbocycles. The Balaban J connectivity index is 0.00000120. The van der Waals surface area contributed by atoms with Gasteiger partial charge in [-0.25, -0.2) is 9.78 Å². The van der Waals surface area contributed by atoms with E-state index in [0.29, 0.717) is 0 Å². The molecule has 94 valence electrons. The highest BCUT2D eigenvalue weighted by Gasteiger charge is 2.07. The molecule has 0 spiro atoms. The molecule has 0 fully saturated rings. The second kappa shape index (κ2) is 4.34. The lowest BCUT2D eigenvalue weighted by Crippen LogP contribution is -1.99. The largest absolute Gasteiger partial charge is 0.323 e. The van der Waals surface area contributed by atoms with Crippen LogP contribution in [0.5, 0.6) is 0 Å². The summed E-state index contributed by atoms with van der Waals surface area (Å²) in [6.07, 6.45) is 3.67. The minimum atomic E-state index is -0.182. The van der Waals surface area contributed by atoms with E-state index >= 15 is 0 Å². The molecule has 0 atom stereocenters. The van der Waals surface area contributed by atoms with Gasteiger partial charge in [-0.15, -0.1) is 12.4 Å². The maximum atomic E-state index is 11.2. The van der Waals surface area contributed by atoms with Crippen LogP contribution in [0.15, 0.2) is 29.3 Å². The molecule has 2 N–H and O–H groups in total. The van der Waals surface area contributed by atoms with Crippen molar-refractivity contribution in [3.63, 3.8) is 0 Å². The number of imidazole rings is 2.